The lowest BCUT2D eigenvalue weighted by molar-refractivity contribution is -0.156. The lowest BCUT2D eigenvalue weighted by atomic mass is 9.71. The molecule has 31 heavy (non-hydrogen) atoms. The highest BCUT2D eigenvalue weighted by Crippen LogP contribution is 2.40. The van der Waals surface area contributed by atoms with Crippen molar-refractivity contribution in [2.45, 2.75) is 44.3 Å². The predicted molar refractivity (Wildman–Crippen MR) is 110 cm³/mol. The molecular formula is C23H25F3N2O3. The fourth-order valence-corrected chi connectivity index (χ4v) is 4.61. The number of aliphatic hydroxyl groups excluding tert-OH is 1. The van der Waals surface area contributed by atoms with Gasteiger partial charge in [0.25, 0.3) is 5.91 Å². The van der Waals surface area contributed by atoms with E-state index in [9.17, 15) is 28.2 Å². The molecule has 2 aromatic rings. The van der Waals surface area contributed by atoms with Crippen molar-refractivity contribution in [3.63, 3.8) is 0 Å². The van der Waals surface area contributed by atoms with Crippen LogP contribution >= 0.6 is 0 Å². The van der Waals surface area contributed by atoms with Gasteiger partial charge in [-0.25, -0.2) is 13.2 Å². The molecule has 5 nitrogen and oxygen atoms in total. The number of halogens is 3. The highest BCUT2D eigenvalue weighted by molar-refractivity contribution is 6.01. The molecular weight excluding hydrogens is 409 g/mol. The molecule has 0 radical (unpaired) electrons. The zero-order chi connectivity index (χ0) is 22.3. The van der Waals surface area contributed by atoms with Crippen LogP contribution < -0.4 is 5.32 Å². The summed E-state index contributed by atoms with van der Waals surface area (Å²) in [5.41, 5.74) is -1.26. The summed E-state index contributed by atoms with van der Waals surface area (Å²) < 4.78 is 42.7. The Kier molecular flexibility index (Phi) is 5.70. The van der Waals surface area contributed by atoms with Crippen molar-refractivity contribution < 1.29 is 28.2 Å². The first-order valence-corrected chi connectivity index (χ1v) is 10.4. The van der Waals surface area contributed by atoms with Crippen molar-refractivity contribution in [3.05, 3.63) is 58.9 Å². The number of aliphatic hydroxyl groups is 2. The van der Waals surface area contributed by atoms with Gasteiger partial charge in [-0.3, -0.25) is 4.79 Å². The summed E-state index contributed by atoms with van der Waals surface area (Å²) >= 11 is 0. The molecule has 0 spiro atoms. The molecule has 8 heteroatoms. The number of hydrogen-bond acceptors (Lipinski definition) is 4. The Hall–Kier alpha value is -2.58. The van der Waals surface area contributed by atoms with Crippen LogP contribution in [0.15, 0.2) is 30.3 Å². The molecule has 1 amide bonds. The smallest absolute Gasteiger partial charge is 0.256 e. The van der Waals surface area contributed by atoms with Gasteiger partial charge in [0.1, 0.15) is 11.4 Å². The normalized spacial score (nSPS) is 22.7. The molecule has 0 aromatic heterocycles. The number of β-amino-alcohol motifs (C(OH)–C–C–N with tert-alkyl or cyclic N) is 1. The number of likely N-dealkylation sites (tertiary alicyclic amines) is 1. The van der Waals surface area contributed by atoms with Crippen LogP contribution in [0.2, 0.25) is 0 Å². The molecule has 1 aliphatic carbocycles. The molecule has 166 valence electrons. The second-order valence-corrected chi connectivity index (χ2v) is 8.62. The van der Waals surface area contributed by atoms with Crippen molar-refractivity contribution in [3.8, 4) is 0 Å². The SMILES string of the molecule is Cc1ccc(Nc2c(C(=O)N3CC(O)([C@@H]4CCCC[C@@H]4O)C3)ccc(F)c2F)c(F)c1. The highest BCUT2D eigenvalue weighted by Gasteiger charge is 2.52. The Morgan fingerprint density at radius 2 is 1.81 bits per heavy atom. The summed E-state index contributed by atoms with van der Waals surface area (Å²) in [4.78, 5) is 14.3. The molecule has 2 fully saturated rings. The van der Waals surface area contributed by atoms with Gasteiger partial charge in [0.2, 0.25) is 0 Å². The Balaban J connectivity index is 1.57. The van der Waals surface area contributed by atoms with Crippen LogP contribution in [-0.2, 0) is 0 Å². The van der Waals surface area contributed by atoms with Gasteiger partial charge in [0.05, 0.1) is 36.1 Å². The summed E-state index contributed by atoms with van der Waals surface area (Å²) in [6.07, 6.45) is 2.46. The number of benzene rings is 2. The Morgan fingerprint density at radius 1 is 1.10 bits per heavy atom. The second-order valence-electron chi connectivity index (χ2n) is 8.62. The number of hydrogen-bond donors (Lipinski definition) is 3. The van der Waals surface area contributed by atoms with Gasteiger partial charge < -0.3 is 20.4 Å². The molecule has 1 saturated heterocycles. The van der Waals surface area contributed by atoms with Gasteiger partial charge in [0.15, 0.2) is 11.6 Å². The van der Waals surface area contributed by atoms with Gasteiger partial charge in [-0.1, -0.05) is 18.9 Å². The largest absolute Gasteiger partial charge is 0.393 e. The third kappa shape index (κ3) is 4.02. The van der Waals surface area contributed by atoms with Crippen molar-refractivity contribution in [2.75, 3.05) is 18.4 Å². The summed E-state index contributed by atoms with van der Waals surface area (Å²) in [7, 11) is 0. The first-order valence-electron chi connectivity index (χ1n) is 10.4. The molecule has 2 aliphatic rings. The molecule has 4 rings (SSSR count). The number of carbonyl (C=O) groups excluding carboxylic acids is 1. The quantitative estimate of drug-likeness (QED) is 0.683. The maximum Gasteiger partial charge on any atom is 0.256 e. The minimum Gasteiger partial charge on any atom is -0.393 e. The fourth-order valence-electron chi connectivity index (χ4n) is 4.61. The average Bonchev–Trinajstić information content (AvgIpc) is 2.71. The third-order valence-corrected chi connectivity index (χ3v) is 6.35. The molecule has 2 atom stereocenters. The zero-order valence-corrected chi connectivity index (χ0v) is 17.2. The van der Waals surface area contributed by atoms with E-state index in [2.05, 4.69) is 5.32 Å². The maximum absolute atomic E-state index is 14.6. The number of nitrogens with one attached hydrogen (secondary N) is 1. The van der Waals surface area contributed by atoms with Gasteiger partial charge in [-0.15, -0.1) is 0 Å². The summed E-state index contributed by atoms with van der Waals surface area (Å²) in [6.45, 7) is 1.68. The van der Waals surface area contributed by atoms with Gasteiger partial charge in [-0.05, 0) is 49.6 Å². The third-order valence-electron chi connectivity index (χ3n) is 6.35. The summed E-state index contributed by atoms with van der Waals surface area (Å²) in [5, 5.41) is 23.6. The van der Waals surface area contributed by atoms with Crippen LogP contribution in [0.4, 0.5) is 24.5 Å². The Bertz CT molecular complexity index is 1010. The average molecular weight is 434 g/mol. The maximum atomic E-state index is 14.6. The van der Waals surface area contributed by atoms with Crippen LogP contribution in [0.5, 0.6) is 0 Å². The number of amides is 1. The summed E-state index contributed by atoms with van der Waals surface area (Å²) in [6, 6.07) is 6.22. The highest BCUT2D eigenvalue weighted by atomic mass is 19.2. The van der Waals surface area contributed by atoms with E-state index in [1.165, 1.54) is 17.0 Å². The standard InChI is InChI=1S/C23H25F3N2O3/c1-13-6-9-18(17(25)10-13)27-21-14(7-8-16(24)20(21)26)22(30)28-11-23(31,12-28)15-4-2-3-5-19(15)29/h6-10,15,19,27,29,31H,2-5,11-12H2,1H3/t15-,19+/m1/s1. The van der Waals surface area contributed by atoms with E-state index in [4.69, 9.17) is 0 Å². The van der Waals surface area contributed by atoms with E-state index in [1.54, 1.807) is 13.0 Å². The van der Waals surface area contributed by atoms with E-state index in [-0.39, 0.29) is 30.3 Å². The van der Waals surface area contributed by atoms with Crippen LogP contribution in [0.3, 0.4) is 0 Å². The molecule has 2 aromatic carbocycles. The molecule has 0 unspecified atom stereocenters. The molecule has 1 aliphatic heterocycles. The van der Waals surface area contributed by atoms with Crippen molar-refractivity contribution >= 4 is 17.3 Å². The monoisotopic (exact) mass is 434 g/mol. The Morgan fingerprint density at radius 3 is 2.48 bits per heavy atom. The topological polar surface area (TPSA) is 72.8 Å². The van der Waals surface area contributed by atoms with Crippen LogP contribution in [0.1, 0.15) is 41.6 Å². The first-order chi connectivity index (χ1) is 14.7. The first kappa shape index (κ1) is 21.6. The summed E-state index contributed by atoms with van der Waals surface area (Å²) in [5.74, 6) is -4.05. The van der Waals surface area contributed by atoms with E-state index in [0.29, 0.717) is 18.4 Å². The molecule has 1 saturated carbocycles. The van der Waals surface area contributed by atoms with Gasteiger partial charge >= 0.3 is 0 Å². The minimum atomic E-state index is -1.29. The van der Waals surface area contributed by atoms with E-state index >= 15 is 0 Å². The molecule has 3 N–H and O–H groups in total. The number of rotatable bonds is 4. The van der Waals surface area contributed by atoms with E-state index in [0.717, 1.165) is 25.0 Å². The number of carbonyl (C=O) groups is 1. The van der Waals surface area contributed by atoms with E-state index < -0.39 is 40.8 Å². The number of anilines is 2. The lowest BCUT2D eigenvalue weighted by Crippen LogP contribution is -2.68. The lowest BCUT2D eigenvalue weighted by Gasteiger charge is -2.52. The zero-order valence-electron chi connectivity index (χ0n) is 17.2. The van der Waals surface area contributed by atoms with Gasteiger partial charge in [-0.2, -0.15) is 0 Å². The van der Waals surface area contributed by atoms with Crippen LogP contribution in [-0.4, -0.2) is 45.8 Å². The number of aryl methyl sites for hydroxylation is 1. The fraction of sp³-hybridized carbons (Fsp3) is 0.435. The van der Waals surface area contributed by atoms with Gasteiger partial charge in [0, 0.05) is 5.92 Å². The van der Waals surface area contributed by atoms with Crippen LogP contribution in [0.25, 0.3) is 0 Å². The second kappa shape index (κ2) is 8.16. The van der Waals surface area contributed by atoms with E-state index in [1.807, 2.05) is 0 Å². The Labute approximate surface area is 178 Å². The van der Waals surface area contributed by atoms with Crippen molar-refractivity contribution in [2.24, 2.45) is 5.92 Å². The van der Waals surface area contributed by atoms with Crippen LogP contribution in [0, 0.1) is 30.3 Å². The minimum absolute atomic E-state index is 0.00904. The van der Waals surface area contributed by atoms with Crippen molar-refractivity contribution in [1.82, 2.24) is 4.90 Å². The van der Waals surface area contributed by atoms with Crippen molar-refractivity contribution in [1.29, 1.82) is 0 Å². The molecule has 1 heterocycles. The predicted octanol–water partition coefficient (Wildman–Crippen LogP) is 3.89. The molecule has 0 bridgehead atoms. The number of nitrogens with zero attached hydrogens (tertiary/aromatic N) is 1.